The Morgan fingerprint density at radius 1 is 1.17 bits per heavy atom. The van der Waals surface area contributed by atoms with Crippen molar-refractivity contribution in [2.75, 3.05) is 19.2 Å². The Morgan fingerprint density at radius 2 is 1.97 bits per heavy atom. The summed E-state index contributed by atoms with van der Waals surface area (Å²) in [5, 5.41) is 12.0. The highest BCUT2D eigenvalue weighted by molar-refractivity contribution is 7.15. The summed E-state index contributed by atoms with van der Waals surface area (Å²) in [5.41, 5.74) is 1.99. The van der Waals surface area contributed by atoms with Gasteiger partial charge in [0, 0.05) is 12.6 Å². The van der Waals surface area contributed by atoms with Crippen molar-refractivity contribution in [1.82, 2.24) is 15.1 Å². The summed E-state index contributed by atoms with van der Waals surface area (Å²) in [6.07, 6.45) is 0. The van der Waals surface area contributed by atoms with Crippen molar-refractivity contribution in [3.05, 3.63) is 64.2 Å². The summed E-state index contributed by atoms with van der Waals surface area (Å²) >= 11 is 1.30. The lowest BCUT2D eigenvalue weighted by Crippen LogP contribution is -2.44. The van der Waals surface area contributed by atoms with Crippen LogP contribution in [0.4, 0.5) is 5.13 Å². The number of hydrogen-bond donors (Lipinski definition) is 1. The van der Waals surface area contributed by atoms with Gasteiger partial charge in [0.2, 0.25) is 17.8 Å². The van der Waals surface area contributed by atoms with Crippen LogP contribution < -0.4 is 14.8 Å². The topological polar surface area (TPSA) is 93.7 Å². The van der Waals surface area contributed by atoms with Gasteiger partial charge in [-0.3, -0.25) is 14.9 Å². The minimum Gasteiger partial charge on any atom is -0.454 e. The highest BCUT2D eigenvalue weighted by atomic mass is 32.1. The number of benzene rings is 2. The summed E-state index contributed by atoms with van der Waals surface area (Å²) in [7, 11) is 1.71. The monoisotopic (exact) mass is 422 g/mol. The molecule has 152 valence electrons. The Morgan fingerprint density at radius 3 is 2.77 bits per heavy atom. The Hall–Kier alpha value is -3.46. The van der Waals surface area contributed by atoms with E-state index in [1.54, 1.807) is 30.1 Å². The van der Waals surface area contributed by atoms with E-state index < -0.39 is 12.0 Å². The molecule has 0 aliphatic carbocycles. The SMILES string of the molecule is Cc1nnc(NC(=O)[C@@H]2c3ccccc3C(=O)N(C)[C@@H]2c2ccc3c(c2)OCO3)s1. The van der Waals surface area contributed by atoms with Gasteiger partial charge in [0.25, 0.3) is 5.91 Å². The maximum absolute atomic E-state index is 13.4. The Labute approximate surface area is 176 Å². The third-order valence-corrected chi connectivity index (χ3v) is 6.11. The molecule has 5 rings (SSSR count). The quantitative estimate of drug-likeness (QED) is 0.697. The molecule has 2 aliphatic heterocycles. The number of anilines is 1. The fourth-order valence-corrected chi connectivity index (χ4v) is 4.60. The van der Waals surface area contributed by atoms with Crippen LogP contribution in [0.15, 0.2) is 42.5 Å². The molecule has 0 bridgehead atoms. The molecule has 2 amide bonds. The van der Waals surface area contributed by atoms with E-state index in [2.05, 4.69) is 15.5 Å². The number of carbonyl (C=O) groups excluding carboxylic acids is 2. The molecule has 3 aromatic rings. The third-order valence-electron chi connectivity index (χ3n) is 5.36. The summed E-state index contributed by atoms with van der Waals surface area (Å²) < 4.78 is 10.9. The zero-order chi connectivity index (χ0) is 20.8. The number of ether oxygens (including phenoxy) is 2. The van der Waals surface area contributed by atoms with Gasteiger partial charge < -0.3 is 14.4 Å². The standard InChI is InChI=1S/C21H18N4O4S/c1-11-23-24-21(30-11)22-19(26)17-13-5-3-4-6-14(13)20(27)25(2)18(17)12-7-8-15-16(9-12)29-10-28-15/h3-9,17-18H,10H2,1-2H3,(H,22,24,26)/t17-,18-/m1/s1. The minimum atomic E-state index is -0.631. The number of likely N-dealkylation sites (N-methyl/N-ethyl adjacent to an activating group) is 1. The van der Waals surface area contributed by atoms with Gasteiger partial charge in [-0.05, 0) is 36.2 Å². The van der Waals surface area contributed by atoms with Gasteiger partial charge >= 0.3 is 0 Å². The first-order valence-electron chi connectivity index (χ1n) is 9.39. The molecule has 2 atom stereocenters. The number of fused-ring (bicyclic) bond motifs is 2. The molecule has 1 N–H and O–H groups in total. The van der Waals surface area contributed by atoms with E-state index in [1.807, 2.05) is 31.2 Å². The number of carbonyl (C=O) groups is 2. The van der Waals surface area contributed by atoms with Crippen molar-refractivity contribution in [3.63, 3.8) is 0 Å². The van der Waals surface area contributed by atoms with Crippen LogP contribution in [0, 0.1) is 6.92 Å². The van der Waals surface area contributed by atoms with Gasteiger partial charge in [0.05, 0.1) is 12.0 Å². The summed E-state index contributed by atoms with van der Waals surface area (Å²) in [6.45, 7) is 1.98. The molecule has 0 radical (unpaired) electrons. The second-order valence-corrected chi connectivity index (χ2v) is 8.34. The molecule has 1 aromatic heterocycles. The second kappa shape index (κ2) is 7.10. The lowest BCUT2D eigenvalue weighted by Gasteiger charge is -2.39. The summed E-state index contributed by atoms with van der Waals surface area (Å²) in [5.74, 6) is 0.235. The Kier molecular flexibility index (Phi) is 4.39. The smallest absolute Gasteiger partial charge is 0.254 e. The molecule has 0 unspecified atom stereocenters. The highest BCUT2D eigenvalue weighted by Gasteiger charge is 2.43. The first-order valence-corrected chi connectivity index (χ1v) is 10.2. The predicted octanol–water partition coefficient (Wildman–Crippen LogP) is 3.12. The average molecular weight is 422 g/mol. The van der Waals surface area contributed by atoms with Crippen LogP contribution in [0.1, 0.15) is 38.5 Å². The average Bonchev–Trinajstić information content (AvgIpc) is 3.38. The van der Waals surface area contributed by atoms with Gasteiger partial charge in [-0.25, -0.2) is 0 Å². The van der Waals surface area contributed by atoms with Crippen LogP contribution in [0.25, 0.3) is 0 Å². The number of nitrogens with one attached hydrogen (secondary N) is 1. The lowest BCUT2D eigenvalue weighted by molar-refractivity contribution is -0.119. The molecule has 9 heteroatoms. The van der Waals surface area contributed by atoms with Crippen LogP contribution >= 0.6 is 11.3 Å². The summed E-state index contributed by atoms with van der Waals surface area (Å²) in [4.78, 5) is 28.1. The van der Waals surface area contributed by atoms with Crippen LogP contribution in [-0.2, 0) is 4.79 Å². The van der Waals surface area contributed by atoms with Crippen molar-refractivity contribution in [1.29, 1.82) is 0 Å². The molecule has 0 saturated heterocycles. The van der Waals surface area contributed by atoms with E-state index in [-0.39, 0.29) is 18.6 Å². The van der Waals surface area contributed by atoms with E-state index in [0.717, 1.165) is 10.6 Å². The second-order valence-electron chi connectivity index (χ2n) is 7.15. The normalized spacial score (nSPS) is 19.5. The molecule has 0 saturated carbocycles. The van der Waals surface area contributed by atoms with Crippen molar-refractivity contribution in [2.24, 2.45) is 0 Å². The molecule has 0 spiro atoms. The number of rotatable bonds is 3. The molecule has 30 heavy (non-hydrogen) atoms. The zero-order valence-electron chi connectivity index (χ0n) is 16.3. The van der Waals surface area contributed by atoms with E-state index >= 15 is 0 Å². The molecule has 8 nitrogen and oxygen atoms in total. The third kappa shape index (κ3) is 2.98. The fraction of sp³-hybridized carbons (Fsp3) is 0.238. The first-order chi connectivity index (χ1) is 14.5. The van der Waals surface area contributed by atoms with Gasteiger partial charge in [-0.1, -0.05) is 35.6 Å². The number of hydrogen-bond acceptors (Lipinski definition) is 7. The molecule has 0 fully saturated rings. The van der Waals surface area contributed by atoms with E-state index in [9.17, 15) is 9.59 Å². The van der Waals surface area contributed by atoms with Gasteiger partial charge in [0.15, 0.2) is 11.5 Å². The van der Waals surface area contributed by atoms with Crippen LogP contribution in [-0.4, -0.2) is 40.8 Å². The zero-order valence-corrected chi connectivity index (χ0v) is 17.1. The molecular weight excluding hydrogens is 404 g/mol. The lowest BCUT2D eigenvalue weighted by atomic mass is 9.79. The van der Waals surface area contributed by atoms with Crippen molar-refractivity contribution < 1.29 is 19.1 Å². The highest BCUT2D eigenvalue weighted by Crippen LogP contribution is 2.45. The molecule has 2 aromatic carbocycles. The van der Waals surface area contributed by atoms with Crippen molar-refractivity contribution in [2.45, 2.75) is 18.9 Å². The Bertz CT molecular complexity index is 1160. The van der Waals surface area contributed by atoms with Crippen LogP contribution in [0.5, 0.6) is 11.5 Å². The van der Waals surface area contributed by atoms with E-state index in [0.29, 0.717) is 27.8 Å². The van der Waals surface area contributed by atoms with Crippen LogP contribution in [0.2, 0.25) is 0 Å². The van der Waals surface area contributed by atoms with Crippen molar-refractivity contribution >= 4 is 28.3 Å². The maximum Gasteiger partial charge on any atom is 0.254 e. The maximum atomic E-state index is 13.4. The Balaban J connectivity index is 1.61. The predicted molar refractivity (Wildman–Crippen MR) is 110 cm³/mol. The van der Waals surface area contributed by atoms with Crippen molar-refractivity contribution in [3.8, 4) is 11.5 Å². The van der Waals surface area contributed by atoms with Gasteiger partial charge in [-0.2, -0.15) is 0 Å². The number of nitrogens with zero attached hydrogens (tertiary/aromatic N) is 3. The van der Waals surface area contributed by atoms with Gasteiger partial charge in [0.1, 0.15) is 5.01 Å². The molecule has 3 heterocycles. The van der Waals surface area contributed by atoms with E-state index in [1.165, 1.54) is 11.3 Å². The minimum absolute atomic E-state index is 0.135. The number of amides is 2. The largest absolute Gasteiger partial charge is 0.454 e. The number of aryl methyl sites for hydroxylation is 1. The first kappa shape index (κ1) is 18.6. The molecule has 2 aliphatic rings. The summed E-state index contributed by atoms with van der Waals surface area (Å²) in [6, 6.07) is 12.2. The number of aromatic nitrogens is 2. The molecular formula is C21H18N4O4S. The van der Waals surface area contributed by atoms with Gasteiger partial charge in [-0.15, -0.1) is 10.2 Å². The van der Waals surface area contributed by atoms with Crippen LogP contribution in [0.3, 0.4) is 0 Å². The van der Waals surface area contributed by atoms with E-state index in [4.69, 9.17) is 9.47 Å². The fourth-order valence-electron chi connectivity index (χ4n) is 4.00.